The molecule has 2 heterocycles. The summed E-state index contributed by atoms with van der Waals surface area (Å²) in [6.45, 7) is 5.22. The number of rotatable bonds is 5. The van der Waals surface area contributed by atoms with Crippen molar-refractivity contribution in [3.63, 3.8) is 0 Å². The summed E-state index contributed by atoms with van der Waals surface area (Å²) in [4.78, 5) is 16.0. The molecule has 2 amide bonds. The highest BCUT2D eigenvalue weighted by Crippen LogP contribution is 2.18. The van der Waals surface area contributed by atoms with Gasteiger partial charge in [0.05, 0.1) is 0 Å². The van der Waals surface area contributed by atoms with E-state index in [1.807, 2.05) is 4.90 Å². The van der Waals surface area contributed by atoms with Crippen molar-refractivity contribution >= 4 is 6.03 Å². The number of nitrogens with one attached hydrogen (secondary N) is 1. The lowest BCUT2D eigenvalue weighted by atomic mass is 10.0. The van der Waals surface area contributed by atoms with Crippen molar-refractivity contribution in [3.05, 3.63) is 0 Å². The summed E-state index contributed by atoms with van der Waals surface area (Å²) in [7, 11) is 0. The van der Waals surface area contributed by atoms with Crippen molar-refractivity contribution in [1.29, 1.82) is 0 Å². The maximum absolute atomic E-state index is 11.5. The average molecular weight is 241 g/mol. The van der Waals surface area contributed by atoms with Crippen LogP contribution in [0.25, 0.3) is 0 Å². The minimum atomic E-state index is 0.115. The van der Waals surface area contributed by atoms with Gasteiger partial charge in [-0.2, -0.15) is 0 Å². The highest BCUT2D eigenvalue weighted by molar-refractivity contribution is 5.76. The van der Waals surface area contributed by atoms with E-state index in [-0.39, 0.29) is 6.03 Å². The van der Waals surface area contributed by atoms with Gasteiger partial charge in [-0.25, -0.2) is 4.79 Å². The summed E-state index contributed by atoms with van der Waals surface area (Å²) in [5.74, 6) is 0. The molecule has 5 heteroatoms. The number of carbonyl (C=O) groups excluding carboxylic acids is 1. The first-order valence-corrected chi connectivity index (χ1v) is 6.69. The number of hydrogen-bond acceptors (Lipinski definition) is 3. The molecule has 98 valence electrons. The van der Waals surface area contributed by atoms with E-state index in [1.54, 1.807) is 0 Å². The van der Waals surface area contributed by atoms with Crippen molar-refractivity contribution in [3.8, 4) is 0 Å². The number of nitrogens with zero attached hydrogens (tertiary/aromatic N) is 2. The van der Waals surface area contributed by atoms with Gasteiger partial charge in [-0.15, -0.1) is 0 Å². The molecule has 2 fully saturated rings. The van der Waals surface area contributed by atoms with Crippen LogP contribution in [0.2, 0.25) is 0 Å². The zero-order chi connectivity index (χ0) is 12.1. The van der Waals surface area contributed by atoms with Gasteiger partial charge >= 0.3 is 6.03 Å². The lowest BCUT2D eigenvalue weighted by Crippen LogP contribution is -2.46. The molecule has 0 aromatic carbocycles. The van der Waals surface area contributed by atoms with Crippen LogP contribution in [0.1, 0.15) is 25.7 Å². The summed E-state index contributed by atoms with van der Waals surface area (Å²) in [6.07, 6.45) is 4.15. The average Bonchev–Trinajstić information content (AvgIpc) is 2.77. The Morgan fingerprint density at radius 3 is 2.59 bits per heavy atom. The maximum Gasteiger partial charge on any atom is 0.317 e. The maximum atomic E-state index is 11.5. The van der Waals surface area contributed by atoms with Crippen molar-refractivity contribution < 1.29 is 9.90 Å². The Kier molecular flexibility index (Phi) is 4.62. The molecule has 2 saturated heterocycles. The zero-order valence-electron chi connectivity index (χ0n) is 10.4. The zero-order valence-corrected chi connectivity index (χ0v) is 10.4. The summed E-state index contributed by atoms with van der Waals surface area (Å²) < 4.78 is 0. The van der Waals surface area contributed by atoms with Crippen LogP contribution < -0.4 is 5.32 Å². The van der Waals surface area contributed by atoms with Gasteiger partial charge in [0.2, 0.25) is 0 Å². The standard InChI is InChI=1S/C12H23N3O2/c16-10-2-1-6-14-7-3-11(4-8-14)15-9-5-13-12(15)17/h11,16H,1-10H2,(H,13,17). The molecule has 0 unspecified atom stereocenters. The van der Waals surface area contributed by atoms with E-state index in [9.17, 15) is 4.79 Å². The van der Waals surface area contributed by atoms with E-state index >= 15 is 0 Å². The third-order valence-electron chi connectivity index (χ3n) is 3.77. The first-order valence-electron chi connectivity index (χ1n) is 6.69. The largest absolute Gasteiger partial charge is 0.396 e. The molecule has 0 aromatic rings. The number of carbonyl (C=O) groups is 1. The quantitative estimate of drug-likeness (QED) is 0.678. The van der Waals surface area contributed by atoms with E-state index in [2.05, 4.69) is 10.2 Å². The van der Waals surface area contributed by atoms with Gasteiger partial charge in [0.15, 0.2) is 0 Å². The second-order valence-corrected chi connectivity index (χ2v) is 4.93. The Morgan fingerprint density at radius 1 is 1.24 bits per heavy atom. The van der Waals surface area contributed by atoms with Gasteiger partial charge in [-0.3, -0.25) is 0 Å². The van der Waals surface area contributed by atoms with E-state index in [0.29, 0.717) is 12.6 Å². The molecule has 2 aliphatic heterocycles. The third kappa shape index (κ3) is 3.33. The summed E-state index contributed by atoms with van der Waals surface area (Å²) in [5.41, 5.74) is 0. The number of aliphatic hydroxyl groups excluding tert-OH is 1. The van der Waals surface area contributed by atoms with Crippen LogP contribution in [0.5, 0.6) is 0 Å². The van der Waals surface area contributed by atoms with Crippen LogP contribution in [0.15, 0.2) is 0 Å². The highest BCUT2D eigenvalue weighted by atomic mass is 16.3. The molecule has 0 aromatic heterocycles. The minimum Gasteiger partial charge on any atom is -0.396 e. The predicted molar refractivity (Wildman–Crippen MR) is 65.9 cm³/mol. The molecule has 0 saturated carbocycles. The van der Waals surface area contributed by atoms with Gasteiger partial charge in [0, 0.05) is 38.8 Å². The lowest BCUT2D eigenvalue weighted by molar-refractivity contribution is 0.133. The van der Waals surface area contributed by atoms with Gasteiger partial charge in [0.25, 0.3) is 0 Å². The monoisotopic (exact) mass is 241 g/mol. The minimum absolute atomic E-state index is 0.115. The van der Waals surface area contributed by atoms with E-state index < -0.39 is 0 Å². The second-order valence-electron chi connectivity index (χ2n) is 4.93. The van der Waals surface area contributed by atoms with E-state index in [0.717, 1.165) is 58.4 Å². The Labute approximate surface area is 103 Å². The Bertz CT molecular complexity index is 252. The van der Waals surface area contributed by atoms with Crippen LogP contribution in [-0.2, 0) is 0 Å². The Balaban J connectivity index is 1.68. The first kappa shape index (κ1) is 12.6. The van der Waals surface area contributed by atoms with Crippen LogP contribution >= 0.6 is 0 Å². The van der Waals surface area contributed by atoms with Crippen LogP contribution in [0.4, 0.5) is 4.79 Å². The third-order valence-corrected chi connectivity index (χ3v) is 3.77. The summed E-state index contributed by atoms with van der Waals surface area (Å²) >= 11 is 0. The number of urea groups is 1. The van der Waals surface area contributed by atoms with E-state index in [4.69, 9.17) is 5.11 Å². The van der Waals surface area contributed by atoms with Crippen molar-refractivity contribution in [2.24, 2.45) is 0 Å². The molecule has 0 radical (unpaired) electrons. The second kappa shape index (κ2) is 6.21. The Hall–Kier alpha value is -0.810. The molecule has 0 aliphatic carbocycles. The lowest BCUT2D eigenvalue weighted by Gasteiger charge is -2.36. The van der Waals surface area contributed by atoms with Gasteiger partial charge in [-0.1, -0.05) is 0 Å². The normalized spacial score (nSPS) is 23.1. The van der Waals surface area contributed by atoms with Gasteiger partial charge < -0.3 is 20.2 Å². The van der Waals surface area contributed by atoms with Gasteiger partial charge in [0.1, 0.15) is 0 Å². The fraction of sp³-hybridized carbons (Fsp3) is 0.917. The number of hydrogen-bond donors (Lipinski definition) is 2. The fourth-order valence-electron chi connectivity index (χ4n) is 2.74. The number of likely N-dealkylation sites (tertiary alicyclic amines) is 1. The highest BCUT2D eigenvalue weighted by Gasteiger charge is 2.30. The molecular weight excluding hydrogens is 218 g/mol. The molecule has 2 aliphatic rings. The SMILES string of the molecule is O=C1NCCN1C1CCN(CCCCO)CC1. The topological polar surface area (TPSA) is 55.8 Å². The van der Waals surface area contributed by atoms with Crippen molar-refractivity contribution in [2.75, 3.05) is 39.3 Å². The number of amides is 2. The van der Waals surface area contributed by atoms with Gasteiger partial charge in [-0.05, 0) is 32.2 Å². The smallest absolute Gasteiger partial charge is 0.317 e. The van der Waals surface area contributed by atoms with Crippen LogP contribution in [0.3, 0.4) is 0 Å². The summed E-state index contributed by atoms with van der Waals surface area (Å²) in [6, 6.07) is 0.551. The first-order chi connectivity index (χ1) is 8.31. The number of unbranched alkanes of at least 4 members (excludes halogenated alkanes) is 1. The van der Waals surface area contributed by atoms with E-state index in [1.165, 1.54) is 0 Å². The number of piperidine rings is 1. The molecule has 5 nitrogen and oxygen atoms in total. The molecule has 0 atom stereocenters. The molecule has 0 spiro atoms. The molecule has 2 N–H and O–H groups in total. The van der Waals surface area contributed by atoms with Crippen molar-refractivity contribution in [1.82, 2.24) is 15.1 Å². The molecular formula is C12H23N3O2. The molecule has 2 rings (SSSR count). The Morgan fingerprint density at radius 2 is 2.00 bits per heavy atom. The molecule has 0 bridgehead atoms. The van der Waals surface area contributed by atoms with Crippen LogP contribution in [0, 0.1) is 0 Å². The fourth-order valence-corrected chi connectivity index (χ4v) is 2.74. The summed E-state index contributed by atoms with van der Waals surface area (Å²) in [5, 5.41) is 11.6. The predicted octanol–water partition coefficient (Wildman–Crippen LogP) is 0.248. The number of aliphatic hydroxyl groups is 1. The van der Waals surface area contributed by atoms with Crippen LogP contribution in [-0.4, -0.2) is 66.3 Å². The molecule has 17 heavy (non-hydrogen) atoms. The van der Waals surface area contributed by atoms with Crippen molar-refractivity contribution in [2.45, 2.75) is 31.7 Å².